The Morgan fingerprint density at radius 2 is 1.50 bits per heavy atom. The number of hydrogen-bond acceptors (Lipinski definition) is 1. The molecule has 0 fully saturated rings. The molecule has 1 nitrogen and oxygen atoms in total. The highest BCUT2D eigenvalue weighted by molar-refractivity contribution is 5.41. The third kappa shape index (κ3) is 1.43. The van der Waals surface area contributed by atoms with Crippen molar-refractivity contribution in [3.05, 3.63) is 59.2 Å². The number of rotatable bonds is 2. The van der Waals surface area contributed by atoms with Crippen LogP contribution in [0.3, 0.4) is 0 Å². The van der Waals surface area contributed by atoms with Gasteiger partial charge in [0.25, 0.3) is 0 Å². The maximum atomic E-state index is 2.57. The summed E-state index contributed by atoms with van der Waals surface area (Å²) in [5.41, 5.74) is 4.42. The molecule has 2 heterocycles. The van der Waals surface area contributed by atoms with E-state index in [1.807, 2.05) is 0 Å². The number of nitrogens with zero attached hydrogens (tertiary/aromatic N) is 1. The molecule has 0 aromatic heterocycles. The third-order valence-electron chi connectivity index (χ3n) is 3.70. The first-order chi connectivity index (χ1) is 7.75. The minimum Gasteiger partial charge on any atom is -0.279 e. The van der Waals surface area contributed by atoms with E-state index in [1.54, 1.807) is 0 Å². The molecule has 1 aromatic carbocycles. The van der Waals surface area contributed by atoms with Crippen LogP contribution >= 0.6 is 0 Å². The van der Waals surface area contributed by atoms with Gasteiger partial charge in [0.15, 0.2) is 0 Å². The molecular weight excluding hydrogens is 194 g/mol. The van der Waals surface area contributed by atoms with Gasteiger partial charge < -0.3 is 0 Å². The Morgan fingerprint density at radius 1 is 0.938 bits per heavy atom. The molecule has 0 spiro atoms. The number of benzene rings is 1. The average Bonchev–Trinajstić information content (AvgIpc) is 2.73. The van der Waals surface area contributed by atoms with Crippen LogP contribution in [0.1, 0.15) is 19.4 Å². The summed E-state index contributed by atoms with van der Waals surface area (Å²) in [5.74, 6) is 0. The van der Waals surface area contributed by atoms with Crippen LogP contribution in [0.15, 0.2) is 53.6 Å². The lowest BCUT2D eigenvalue weighted by Crippen LogP contribution is -2.31. The molecule has 0 aliphatic carbocycles. The van der Waals surface area contributed by atoms with Crippen molar-refractivity contribution < 1.29 is 0 Å². The van der Waals surface area contributed by atoms with Gasteiger partial charge in [0, 0.05) is 6.54 Å². The molecule has 0 unspecified atom stereocenters. The van der Waals surface area contributed by atoms with Gasteiger partial charge in [-0.3, -0.25) is 4.90 Å². The van der Waals surface area contributed by atoms with E-state index in [0.717, 1.165) is 6.54 Å². The van der Waals surface area contributed by atoms with Crippen molar-refractivity contribution >= 4 is 0 Å². The Hall–Kier alpha value is -1.34. The van der Waals surface area contributed by atoms with Gasteiger partial charge in [-0.15, -0.1) is 0 Å². The minimum absolute atomic E-state index is 0.546. The molecule has 0 saturated carbocycles. The highest BCUT2D eigenvalue weighted by Crippen LogP contribution is 2.36. The molecule has 3 rings (SSSR count). The number of fused-ring (bicyclic) bond motifs is 2. The molecule has 2 atom stereocenters. The van der Waals surface area contributed by atoms with Crippen molar-refractivity contribution in [3.63, 3.8) is 0 Å². The van der Waals surface area contributed by atoms with E-state index in [9.17, 15) is 0 Å². The Bertz CT molecular complexity index is 432. The van der Waals surface area contributed by atoms with E-state index in [1.165, 1.54) is 16.7 Å². The molecule has 0 radical (unpaired) electrons. The second-order valence-corrected chi connectivity index (χ2v) is 4.87. The molecule has 2 bridgehead atoms. The quantitative estimate of drug-likeness (QED) is 0.679. The van der Waals surface area contributed by atoms with Crippen LogP contribution in [0.4, 0.5) is 0 Å². The van der Waals surface area contributed by atoms with Crippen LogP contribution in [0.5, 0.6) is 0 Å². The van der Waals surface area contributed by atoms with Crippen LogP contribution in [0.2, 0.25) is 0 Å². The van der Waals surface area contributed by atoms with Gasteiger partial charge in [0.05, 0.1) is 12.1 Å². The predicted molar refractivity (Wildman–Crippen MR) is 67.1 cm³/mol. The first-order valence-corrected chi connectivity index (χ1v) is 5.92. The maximum Gasteiger partial charge on any atom is 0.0504 e. The highest BCUT2D eigenvalue weighted by atomic mass is 15.2. The van der Waals surface area contributed by atoms with Gasteiger partial charge in [0.2, 0.25) is 0 Å². The Morgan fingerprint density at radius 3 is 2.06 bits per heavy atom. The average molecular weight is 211 g/mol. The summed E-state index contributed by atoms with van der Waals surface area (Å²) in [7, 11) is 0. The van der Waals surface area contributed by atoms with Crippen molar-refractivity contribution in [2.45, 2.75) is 32.5 Å². The first kappa shape index (κ1) is 9.86. The second kappa shape index (κ2) is 3.60. The maximum absolute atomic E-state index is 2.57. The van der Waals surface area contributed by atoms with E-state index in [2.05, 4.69) is 61.2 Å². The molecule has 1 heteroatoms. The topological polar surface area (TPSA) is 3.24 Å². The van der Waals surface area contributed by atoms with E-state index in [0.29, 0.717) is 12.1 Å². The summed E-state index contributed by atoms with van der Waals surface area (Å²) in [6.45, 7) is 5.54. The van der Waals surface area contributed by atoms with Gasteiger partial charge >= 0.3 is 0 Å². The third-order valence-corrected chi connectivity index (χ3v) is 3.70. The fourth-order valence-corrected chi connectivity index (χ4v) is 2.84. The van der Waals surface area contributed by atoms with Crippen LogP contribution in [0, 0.1) is 0 Å². The summed E-state index contributed by atoms with van der Waals surface area (Å²) in [6.07, 6.45) is 4.81. The lowest BCUT2D eigenvalue weighted by Gasteiger charge is -2.23. The fourth-order valence-electron chi connectivity index (χ4n) is 2.84. The van der Waals surface area contributed by atoms with Crippen molar-refractivity contribution in [2.24, 2.45) is 0 Å². The summed E-state index contributed by atoms with van der Waals surface area (Å²) in [6, 6.07) is 11.8. The van der Waals surface area contributed by atoms with Crippen molar-refractivity contribution in [2.75, 3.05) is 0 Å². The normalized spacial score (nSPS) is 28.1. The SMILES string of the molecule is CC1=C[C@H]2C(C)=C[C@@H]1N2Cc1ccccc1. The lowest BCUT2D eigenvalue weighted by atomic mass is 10.0. The van der Waals surface area contributed by atoms with Crippen LogP contribution in [-0.2, 0) is 6.54 Å². The van der Waals surface area contributed by atoms with E-state index < -0.39 is 0 Å². The predicted octanol–water partition coefficient (Wildman–Crippen LogP) is 3.15. The summed E-state index contributed by atoms with van der Waals surface area (Å²) in [5, 5.41) is 0. The first-order valence-electron chi connectivity index (χ1n) is 5.92. The Balaban J connectivity index is 1.81. The van der Waals surface area contributed by atoms with Crippen LogP contribution in [-0.4, -0.2) is 17.0 Å². The molecule has 1 aromatic rings. The molecule has 82 valence electrons. The van der Waals surface area contributed by atoms with E-state index >= 15 is 0 Å². The molecule has 0 N–H and O–H groups in total. The van der Waals surface area contributed by atoms with Crippen LogP contribution in [0.25, 0.3) is 0 Å². The molecule has 0 saturated heterocycles. The van der Waals surface area contributed by atoms with Gasteiger partial charge in [-0.2, -0.15) is 0 Å². The summed E-state index contributed by atoms with van der Waals surface area (Å²) < 4.78 is 0. The van der Waals surface area contributed by atoms with Gasteiger partial charge in [-0.1, -0.05) is 53.6 Å². The van der Waals surface area contributed by atoms with E-state index in [-0.39, 0.29) is 0 Å². The van der Waals surface area contributed by atoms with Crippen molar-refractivity contribution in [3.8, 4) is 0 Å². The Labute approximate surface area is 97.1 Å². The van der Waals surface area contributed by atoms with E-state index in [4.69, 9.17) is 0 Å². The van der Waals surface area contributed by atoms with Crippen molar-refractivity contribution in [1.82, 2.24) is 4.90 Å². The summed E-state index contributed by atoms with van der Waals surface area (Å²) >= 11 is 0. The molecule has 2 aliphatic rings. The van der Waals surface area contributed by atoms with Crippen LogP contribution < -0.4 is 0 Å². The molecular formula is C15H17N. The molecule has 16 heavy (non-hydrogen) atoms. The molecule has 0 amide bonds. The van der Waals surface area contributed by atoms with Gasteiger partial charge in [-0.05, 0) is 19.4 Å². The lowest BCUT2D eigenvalue weighted by molar-refractivity contribution is 0.266. The fraction of sp³-hybridized carbons (Fsp3) is 0.333. The molecule has 2 aliphatic heterocycles. The number of hydrogen-bond donors (Lipinski definition) is 0. The Kier molecular flexibility index (Phi) is 2.22. The van der Waals surface area contributed by atoms with Crippen molar-refractivity contribution in [1.29, 1.82) is 0 Å². The standard InChI is InChI=1S/C15H17N/c1-11-8-15-12(2)9-14(11)16(15)10-13-6-4-3-5-7-13/h3-9,14-15H,10H2,1-2H3/t14-,15-/m0/s1. The minimum atomic E-state index is 0.546. The smallest absolute Gasteiger partial charge is 0.0504 e. The van der Waals surface area contributed by atoms with Gasteiger partial charge in [-0.25, -0.2) is 0 Å². The summed E-state index contributed by atoms with van der Waals surface area (Å²) in [4.78, 5) is 2.57. The second-order valence-electron chi connectivity index (χ2n) is 4.87. The zero-order valence-electron chi connectivity index (χ0n) is 9.85. The zero-order valence-corrected chi connectivity index (χ0v) is 9.85. The largest absolute Gasteiger partial charge is 0.279 e. The van der Waals surface area contributed by atoms with Gasteiger partial charge in [0.1, 0.15) is 0 Å². The zero-order chi connectivity index (χ0) is 11.1. The monoisotopic (exact) mass is 211 g/mol. The highest BCUT2D eigenvalue weighted by Gasteiger charge is 2.37.